The van der Waals surface area contributed by atoms with Crippen LogP contribution < -0.4 is 4.74 Å². The van der Waals surface area contributed by atoms with Gasteiger partial charge in [0.1, 0.15) is 12.4 Å². The second-order valence-electron chi connectivity index (χ2n) is 9.33. The fourth-order valence-corrected chi connectivity index (χ4v) is 6.95. The molecule has 2 aromatic carbocycles. The summed E-state index contributed by atoms with van der Waals surface area (Å²) in [5, 5.41) is 1.01. The first-order chi connectivity index (χ1) is 16.5. The zero-order valence-corrected chi connectivity index (χ0v) is 20.5. The van der Waals surface area contributed by atoms with Gasteiger partial charge in [-0.1, -0.05) is 42.5 Å². The van der Waals surface area contributed by atoms with Gasteiger partial charge in [-0.3, -0.25) is 0 Å². The highest BCUT2D eigenvalue weighted by molar-refractivity contribution is 7.89. The average molecular weight is 481 g/mol. The average Bonchev–Trinajstić information content (AvgIpc) is 3.22. The molecule has 1 saturated carbocycles. The van der Waals surface area contributed by atoms with Crippen LogP contribution in [-0.2, 0) is 28.0 Å². The maximum Gasteiger partial charge on any atom is 0.214 e. The van der Waals surface area contributed by atoms with E-state index in [1.54, 1.807) is 4.31 Å². The molecule has 34 heavy (non-hydrogen) atoms. The Labute approximate surface area is 202 Å². The third-order valence-electron chi connectivity index (χ3n) is 7.05. The van der Waals surface area contributed by atoms with E-state index in [4.69, 9.17) is 14.5 Å². The van der Waals surface area contributed by atoms with Crippen LogP contribution in [0.1, 0.15) is 48.9 Å². The summed E-state index contributed by atoms with van der Waals surface area (Å²) < 4.78 is 38.8. The van der Waals surface area contributed by atoms with Gasteiger partial charge < -0.3 is 9.47 Å². The Hall–Kier alpha value is -2.48. The highest BCUT2D eigenvalue weighted by atomic mass is 32.2. The molecule has 1 saturated heterocycles. The zero-order chi connectivity index (χ0) is 23.5. The van der Waals surface area contributed by atoms with Crippen molar-refractivity contribution in [3.8, 4) is 5.75 Å². The van der Waals surface area contributed by atoms with Gasteiger partial charge in [0.05, 0.1) is 29.7 Å². The number of rotatable bonds is 7. The van der Waals surface area contributed by atoms with Gasteiger partial charge >= 0.3 is 0 Å². The van der Waals surface area contributed by atoms with Crippen LogP contribution in [0.4, 0.5) is 0 Å². The number of hydrogen-bond donors (Lipinski definition) is 0. The number of benzene rings is 2. The Morgan fingerprint density at radius 3 is 2.44 bits per heavy atom. The molecule has 0 bridgehead atoms. The van der Waals surface area contributed by atoms with Crippen molar-refractivity contribution in [2.45, 2.75) is 64.4 Å². The number of sulfonamides is 1. The van der Waals surface area contributed by atoms with Crippen LogP contribution in [0.3, 0.4) is 0 Å². The van der Waals surface area contributed by atoms with Crippen molar-refractivity contribution < 1.29 is 17.9 Å². The first-order valence-corrected chi connectivity index (χ1v) is 13.8. The lowest BCUT2D eigenvalue weighted by molar-refractivity contribution is 0.00432. The fraction of sp³-hybridized carbons (Fsp3) is 0.444. The SMILES string of the molecule is Cc1c(COC2CCC(N3CCCS3(=O)=O)CC2)nc2ccccc2c1OCc1ccccc1. The zero-order valence-electron chi connectivity index (χ0n) is 19.7. The highest BCUT2D eigenvalue weighted by Gasteiger charge is 2.36. The van der Waals surface area contributed by atoms with E-state index in [-0.39, 0.29) is 12.1 Å². The highest BCUT2D eigenvalue weighted by Crippen LogP contribution is 2.33. The smallest absolute Gasteiger partial charge is 0.214 e. The third-order valence-corrected chi connectivity index (χ3v) is 9.05. The van der Waals surface area contributed by atoms with E-state index in [0.717, 1.165) is 65.6 Å². The third kappa shape index (κ3) is 4.97. The molecule has 5 rings (SSSR count). The molecule has 2 aliphatic rings. The van der Waals surface area contributed by atoms with E-state index in [0.29, 0.717) is 25.5 Å². The molecule has 2 heterocycles. The lowest BCUT2D eigenvalue weighted by Crippen LogP contribution is -2.40. The van der Waals surface area contributed by atoms with Gasteiger partial charge in [0.15, 0.2) is 0 Å². The summed E-state index contributed by atoms with van der Waals surface area (Å²) in [6.45, 7) is 3.65. The van der Waals surface area contributed by atoms with Crippen molar-refractivity contribution in [3.05, 3.63) is 71.4 Å². The molecule has 1 aliphatic heterocycles. The van der Waals surface area contributed by atoms with E-state index >= 15 is 0 Å². The fourth-order valence-electron chi connectivity index (χ4n) is 5.15. The maximum absolute atomic E-state index is 12.2. The second-order valence-corrected chi connectivity index (χ2v) is 11.4. The first kappa shape index (κ1) is 23.3. The van der Waals surface area contributed by atoms with Crippen molar-refractivity contribution in [1.82, 2.24) is 9.29 Å². The number of hydrogen-bond acceptors (Lipinski definition) is 5. The van der Waals surface area contributed by atoms with E-state index in [9.17, 15) is 8.42 Å². The summed E-state index contributed by atoms with van der Waals surface area (Å²) in [4.78, 5) is 4.88. The van der Waals surface area contributed by atoms with Crippen molar-refractivity contribution in [1.29, 1.82) is 0 Å². The van der Waals surface area contributed by atoms with Crippen LogP contribution in [0.5, 0.6) is 5.75 Å². The van der Waals surface area contributed by atoms with Crippen LogP contribution in [0, 0.1) is 6.92 Å². The monoisotopic (exact) mass is 480 g/mol. The molecule has 1 aliphatic carbocycles. The Kier molecular flexibility index (Phi) is 6.86. The van der Waals surface area contributed by atoms with Crippen LogP contribution in [0.15, 0.2) is 54.6 Å². The normalized spacial score (nSPS) is 22.7. The van der Waals surface area contributed by atoms with Crippen molar-refractivity contribution in [3.63, 3.8) is 0 Å². The Balaban J connectivity index is 1.26. The van der Waals surface area contributed by atoms with E-state index in [1.165, 1.54) is 0 Å². The minimum absolute atomic E-state index is 0.128. The largest absolute Gasteiger partial charge is 0.488 e. The van der Waals surface area contributed by atoms with Gasteiger partial charge in [0, 0.05) is 23.5 Å². The molecule has 180 valence electrons. The number of aromatic nitrogens is 1. The quantitative estimate of drug-likeness (QED) is 0.477. The molecule has 0 unspecified atom stereocenters. The molecule has 0 atom stereocenters. The standard InChI is InChI=1S/C27H32N2O4S/c1-20-26(19-32-23-14-12-22(13-15-23)29-16-7-17-34(29,30)31)28-25-11-6-5-10-24(25)27(20)33-18-21-8-3-2-4-9-21/h2-6,8-11,22-23H,7,12-19H2,1H3. The lowest BCUT2D eigenvalue weighted by Gasteiger charge is -2.33. The molecule has 3 aromatic rings. The predicted octanol–water partition coefficient (Wildman–Crippen LogP) is 4.99. The van der Waals surface area contributed by atoms with Gasteiger partial charge in [-0.2, -0.15) is 4.31 Å². The predicted molar refractivity (Wildman–Crippen MR) is 133 cm³/mol. The summed E-state index contributed by atoms with van der Waals surface area (Å²) in [6.07, 6.45) is 4.35. The summed E-state index contributed by atoms with van der Waals surface area (Å²) >= 11 is 0. The number of pyridine rings is 1. The summed E-state index contributed by atoms with van der Waals surface area (Å²) in [6, 6.07) is 18.3. The van der Waals surface area contributed by atoms with Gasteiger partial charge in [-0.05, 0) is 56.7 Å². The molecule has 6 nitrogen and oxygen atoms in total. The van der Waals surface area contributed by atoms with Gasteiger partial charge in [0.2, 0.25) is 10.0 Å². The number of ether oxygens (including phenoxy) is 2. The van der Waals surface area contributed by atoms with Crippen LogP contribution in [0.25, 0.3) is 10.9 Å². The van der Waals surface area contributed by atoms with Crippen LogP contribution in [-0.4, -0.2) is 42.2 Å². The van der Waals surface area contributed by atoms with E-state index in [1.807, 2.05) is 49.4 Å². The van der Waals surface area contributed by atoms with Crippen LogP contribution in [0.2, 0.25) is 0 Å². The maximum atomic E-state index is 12.2. The number of para-hydroxylation sites is 1. The molecule has 2 fully saturated rings. The molecule has 0 amide bonds. The van der Waals surface area contributed by atoms with Gasteiger partial charge in [-0.25, -0.2) is 13.4 Å². The molecule has 0 N–H and O–H groups in total. The van der Waals surface area contributed by atoms with E-state index < -0.39 is 10.0 Å². The summed E-state index contributed by atoms with van der Waals surface area (Å²) in [5.74, 6) is 1.15. The van der Waals surface area contributed by atoms with Gasteiger partial charge in [-0.15, -0.1) is 0 Å². The van der Waals surface area contributed by atoms with Crippen molar-refractivity contribution >= 4 is 20.9 Å². The lowest BCUT2D eigenvalue weighted by atomic mass is 9.93. The first-order valence-electron chi connectivity index (χ1n) is 12.2. The topological polar surface area (TPSA) is 68.7 Å². The van der Waals surface area contributed by atoms with Gasteiger partial charge in [0.25, 0.3) is 0 Å². The summed E-state index contributed by atoms with van der Waals surface area (Å²) in [7, 11) is -3.05. The molecule has 1 aromatic heterocycles. The molecule has 0 radical (unpaired) electrons. The van der Waals surface area contributed by atoms with Crippen molar-refractivity contribution in [2.75, 3.05) is 12.3 Å². The summed E-state index contributed by atoms with van der Waals surface area (Å²) in [5.41, 5.74) is 3.92. The van der Waals surface area contributed by atoms with Crippen LogP contribution >= 0.6 is 0 Å². The Bertz CT molecular complexity index is 1240. The van der Waals surface area contributed by atoms with Crippen molar-refractivity contribution in [2.24, 2.45) is 0 Å². The van der Waals surface area contributed by atoms with E-state index in [2.05, 4.69) is 12.1 Å². The molecule has 7 heteroatoms. The Morgan fingerprint density at radius 1 is 0.971 bits per heavy atom. The Morgan fingerprint density at radius 2 is 1.71 bits per heavy atom. The number of fused-ring (bicyclic) bond motifs is 1. The minimum Gasteiger partial charge on any atom is -0.488 e. The molecule has 0 spiro atoms. The molecular formula is C27H32N2O4S. The second kappa shape index (κ2) is 10.0. The molecular weight excluding hydrogens is 448 g/mol. The minimum atomic E-state index is -3.05. The number of nitrogens with zero attached hydrogens (tertiary/aromatic N) is 2.